The Morgan fingerprint density at radius 3 is 2.69 bits per heavy atom. The number of hydrogen-bond acceptors (Lipinski definition) is 0. The minimum atomic E-state index is 0.366. The van der Waals surface area contributed by atoms with Crippen LogP contribution in [-0.2, 0) is 6.42 Å². The van der Waals surface area contributed by atoms with E-state index in [0.29, 0.717) is 17.8 Å². The zero-order valence-corrected chi connectivity index (χ0v) is 19.9. The average molecular weight is 419 g/mol. The zero-order chi connectivity index (χ0) is 22.4. The van der Waals surface area contributed by atoms with Crippen LogP contribution in [0.25, 0.3) is 10.8 Å². The van der Waals surface area contributed by atoms with E-state index in [1.807, 2.05) is 0 Å². The topological polar surface area (TPSA) is 0 Å². The van der Waals surface area contributed by atoms with E-state index in [9.17, 15) is 0 Å². The summed E-state index contributed by atoms with van der Waals surface area (Å²) in [6, 6.07) is 13.6. The number of benzene rings is 2. The van der Waals surface area contributed by atoms with Crippen LogP contribution in [-0.4, -0.2) is 0 Å². The van der Waals surface area contributed by atoms with E-state index < -0.39 is 0 Å². The van der Waals surface area contributed by atoms with Gasteiger partial charge in [-0.1, -0.05) is 104 Å². The van der Waals surface area contributed by atoms with Crippen molar-refractivity contribution in [2.24, 2.45) is 11.8 Å². The zero-order valence-electron chi connectivity index (χ0n) is 19.9. The number of aryl methyl sites for hydroxylation is 1. The van der Waals surface area contributed by atoms with Crippen LogP contribution in [0, 0.1) is 11.8 Å². The van der Waals surface area contributed by atoms with Crippen molar-refractivity contribution in [3.8, 4) is 0 Å². The van der Waals surface area contributed by atoms with Gasteiger partial charge >= 0.3 is 0 Å². The second-order valence-corrected chi connectivity index (χ2v) is 9.87. The molecule has 0 aromatic heterocycles. The summed E-state index contributed by atoms with van der Waals surface area (Å²) < 4.78 is 0. The van der Waals surface area contributed by atoms with Gasteiger partial charge in [0.05, 0.1) is 0 Å². The summed E-state index contributed by atoms with van der Waals surface area (Å²) in [5.74, 6) is 1.40. The number of fused-ring (bicyclic) bond motifs is 2. The molecule has 3 atom stereocenters. The summed E-state index contributed by atoms with van der Waals surface area (Å²) in [6.45, 7) is 13.7. The van der Waals surface area contributed by atoms with Crippen molar-refractivity contribution < 1.29 is 0 Å². The third-order valence-corrected chi connectivity index (χ3v) is 7.84. The normalized spacial score (nSPS) is 26.0. The smallest absolute Gasteiger partial charge is 0.0175 e. The van der Waals surface area contributed by atoms with Gasteiger partial charge in [0.15, 0.2) is 0 Å². The minimum Gasteiger partial charge on any atom is -0.0958 e. The summed E-state index contributed by atoms with van der Waals surface area (Å²) in [5, 5.41) is 2.76. The highest BCUT2D eigenvalue weighted by molar-refractivity contribution is 5.88. The molecule has 0 N–H and O–H groups in total. The Kier molecular flexibility index (Phi) is 5.41. The van der Waals surface area contributed by atoms with Gasteiger partial charge in [-0.05, 0) is 83.6 Å². The van der Waals surface area contributed by atoms with Crippen molar-refractivity contribution in [3.63, 3.8) is 0 Å². The second-order valence-electron chi connectivity index (χ2n) is 9.87. The van der Waals surface area contributed by atoms with Gasteiger partial charge in [0, 0.05) is 5.92 Å². The lowest BCUT2D eigenvalue weighted by Crippen LogP contribution is -2.25. The van der Waals surface area contributed by atoms with Gasteiger partial charge in [0.1, 0.15) is 0 Å². The van der Waals surface area contributed by atoms with E-state index in [2.05, 4.69) is 101 Å². The first-order valence-corrected chi connectivity index (χ1v) is 12.1. The highest BCUT2D eigenvalue weighted by Crippen LogP contribution is 2.56. The Morgan fingerprint density at radius 2 is 1.97 bits per heavy atom. The van der Waals surface area contributed by atoms with Gasteiger partial charge < -0.3 is 0 Å². The molecule has 162 valence electrons. The van der Waals surface area contributed by atoms with Crippen LogP contribution in [0.5, 0.6) is 0 Å². The standard InChI is InChI=1S/C32H34/c1-6-24-15-16-25-13-9-10-14-28(25)31(24)32-29(20(2)3)21(4)17-27-19-26(22(5)30(27)32)18-23-11-7-8-12-23/h7-11,13-18,22,30,32H,2,6,12,19H2,1,3-5H3. The first-order valence-electron chi connectivity index (χ1n) is 12.1. The monoisotopic (exact) mass is 418 g/mol. The van der Waals surface area contributed by atoms with Gasteiger partial charge in [-0.25, -0.2) is 0 Å². The molecular weight excluding hydrogens is 384 g/mol. The molecule has 0 nitrogen and oxygen atoms in total. The Morgan fingerprint density at radius 1 is 1.16 bits per heavy atom. The van der Waals surface area contributed by atoms with Gasteiger partial charge in [0.25, 0.3) is 0 Å². The molecule has 3 aliphatic rings. The maximum Gasteiger partial charge on any atom is 0.0175 e. The highest BCUT2D eigenvalue weighted by Gasteiger charge is 2.43. The molecule has 1 saturated carbocycles. The molecule has 0 heterocycles. The van der Waals surface area contributed by atoms with Crippen LogP contribution < -0.4 is 0 Å². The molecule has 2 aromatic carbocycles. The maximum absolute atomic E-state index is 4.46. The SMILES string of the molecule is C=C(C)C1=C(C)C=C2CC(=CC3=CC=CC3)C(C)C2C1c1c(CC)ccc2ccccc12. The molecule has 1 fully saturated rings. The summed E-state index contributed by atoms with van der Waals surface area (Å²) >= 11 is 0. The predicted octanol–water partition coefficient (Wildman–Crippen LogP) is 8.79. The molecule has 32 heavy (non-hydrogen) atoms. The molecule has 0 saturated heterocycles. The van der Waals surface area contributed by atoms with Crippen molar-refractivity contribution in [2.75, 3.05) is 0 Å². The first kappa shape index (κ1) is 21.0. The molecular formula is C32H34. The molecule has 0 radical (unpaired) electrons. The summed E-state index contributed by atoms with van der Waals surface area (Å²) in [6.07, 6.45) is 14.9. The van der Waals surface area contributed by atoms with E-state index in [-0.39, 0.29) is 0 Å². The molecule has 5 rings (SSSR count). The van der Waals surface area contributed by atoms with Crippen molar-refractivity contribution in [3.05, 3.63) is 118 Å². The first-order chi connectivity index (χ1) is 15.5. The average Bonchev–Trinajstić information content (AvgIpc) is 3.40. The van der Waals surface area contributed by atoms with Gasteiger partial charge in [-0.2, -0.15) is 0 Å². The number of allylic oxidation sites excluding steroid dienone is 11. The number of hydrogen-bond donors (Lipinski definition) is 0. The fourth-order valence-electron chi connectivity index (χ4n) is 6.43. The van der Waals surface area contributed by atoms with Crippen molar-refractivity contribution >= 4 is 10.8 Å². The lowest BCUT2D eigenvalue weighted by Gasteiger charge is -2.37. The number of rotatable bonds is 4. The van der Waals surface area contributed by atoms with E-state index >= 15 is 0 Å². The Bertz CT molecular complexity index is 1250. The molecule has 0 spiro atoms. The third kappa shape index (κ3) is 3.37. The highest BCUT2D eigenvalue weighted by atomic mass is 14.5. The molecule has 3 unspecified atom stereocenters. The van der Waals surface area contributed by atoms with Crippen molar-refractivity contribution in [1.29, 1.82) is 0 Å². The van der Waals surface area contributed by atoms with Gasteiger partial charge in [-0.15, -0.1) is 0 Å². The van der Waals surface area contributed by atoms with E-state index in [0.717, 1.165) is 19.3 Å². The van der Waals surface area contributed by atoms with Crippen LogP contribution >= 0.6 is 0 Å². The van der Waals surface area contributed by atoms with E-state index in [4.69, 9.17) is 0 Å². The predicted molar refractivity (Wildman–Crippen MR) is 139 cm³/mol. The van der Waals surface area contributed by atoms with Gasteiger partial charge in [0.2, 0.25) is 0 Å². The van der Waals surface area contributed by atoms with Crippen LogP contribution in [0.2, 0.25) is 0 Å². The van der Waals surface area contributed by atoms with Crippen LogP contribution in [0.4, 0.5) is 0 Å². The fourth-order valence-corrected chi connectivity index (χ4v) is 6.43. The molecule has 3 aliphatic carbocycles. The summed E-state index contributed by atoms with van der Waals surface area (Å²) in [4.78, 5) is 0. The van der Waals surface area contributed by atoms with Crippen molar-refractivity contribution in [1.82, 2.24) is 0 Å². The van der Waals surface area contributed by atoms with Gasteiger partial charge in [-0.3, -0.25) is 0 Å². The second kappa shape index (κ2) is 8.24. The Labute approximate surface area is 193 Å². The van der Waals surface area contributed by atoms with Crippen LogP contribution in [0.15, 0.2) is 107 Å². The largest absolute Gasteiger partial charge is 0.0958 e. The molecule has 0 amide bonds. The Balaban J connectivity index is 1.72. The Hall–Kier alpha value is -2.86. The summed E-state index contributed by atoms with van der Waals surface area (Å²) in [5.41, 5.74) is 11.7. The van der Waals surface area contributed by atoms with Crippen LogP contribution in [0.1, 0.15) is 57.6 Å². The molecule has 2 aromatic rings. The minimum absolute atomic E-state index is 0.366. The lowest BCUT2D eigenvalue weighted by atomic mass is 9.66. The van der Waals surface area contributed by atoms with Crippen LogP contribution in [0.3, 0.4) is 0 Å². The molecule has 0 bridgehead atoms. The fraction of sp³-hybridized carbons (Fsp3) is 0.312. The summed E-state index contributed by atoms with van der Waals surface area (Å²) in [7, 11) is 0. The third-order valence-electron chi connectivity index (χ3n) is 7.84. The molecule has 0 aliphatic heterocycles. The van der Waals surface area contributed by atoms with E-state index in [1.54, 1.807) is 11.1 Å². The van der Waals surface area contributed by atoms with E-state index in [1.165, 1.54) is 44.2 Å². The quantitative estimate of drug-likeness (QED) is 0.465. The lowest BCUT2D eigenvalue weighted by molar-refractivity contribution is 0.449. The molecule has 0 heteroatoms. The van der Waals surface area contributed by atoms with Crippen molar-refractivity contribution in [2.45, 2.75) is 52.9 Å². The maximum atomic E-state index is 4.46.